The lowest BCUT2D eigenvalue weighted by atomic mass is 9.99. The molecule has 0 atom stereocenters. The van der Waals surface area contributed by atoms with Crippen LogP contribution in [0.1, 0.15) is 25.1 Å². The third-order valence-electron chi connectivity index (χ3n) is 3.72. The maximum atomic E-state index is 10.4. The highest BCUT2D eigenvalue weighted by molar-refractivity contribution is 6.31. The Morgan fingerprint density at radius 1 is 1.30 bits per heavy atom. The Morgan fingerprint density at radius 3 is 2.78 bits per heavy atom. The first kappa shape index (κ1) is 15.9. The highest BCUT2D eigenvalue weighted by Gasteiger charge is 2.25. The molecule has 0 saturated carbocycles. The van der Waals surface area contributed by atoms with Gasteiger partial charge < -0.3 is 9.84 Å². The van der Waals surface area contributed by atoms with E-state index in [-0.39, 0.29) is 0 Å². The standard InChI is InChI=1S/C17H18ClN3O2/c1-17(2,22)13-9-20-21(16(13)10-23-3)15-6-7-19-14-8-11(18)4-5-12(14)15/h4-9,22H,10H2,1-3H3. The second-order valence-electron chi connectivity index (χ2n) is 5.90. The number of hydrogen-bond donors (Lipinski definition) is 1. The van der Waals surface area contributed by atoms with Crippen molar-refractivity contribution in [2.45, 2.75) is 26.1 Å². The third-order valence-corrected chi connectivity index (χ3v) is 3.95. The molecule has 2 heterocycles. The molecule has 0 radical (unpaired) electrons. The van der Waals surface area contributed by atoms with E-state index in [1.165, 1.54) is 0 Å². The lowest BCUT2D eigenvalue weighted by molar-refractivity contribution is 0.0743. The molecule has 0 aliphatic carbocycles. The van der Waals surface area contributed by atoms with Crippen molar-refractivity contribution in [1.29, 1.82) is 0 Å². The quantitative estimate of drug-likeness (QED) is 0.795. The van der Waals surface area contributed by atoms with Gasteiger partial charge in [-0.1, -0.05) is 11.6 Å². The number of halogens is 1. The molecule has 0 aliphatic rings. The van der Waals surface area contributed by atoms with Gasteiger partial charge in [0.2, 0.25) is 0 Å². The summed E-state index contributed by atoms with van der Waals surface area (Å²) in [5.41, 5.74) is 2.20. The van der Waals surface area contributed by atoms with E-state index in [2.05, 4.69) is 10.1 Å². The number of aromatic nitrogens is 3. The Labute approximate surface area is 139 Å². The van der Waals surface area contributed by atoms with Crippen LogP contribution in [0.4, 0.5) is 0 Å². The zero-order valence-corrected chi connectivity index (χ0v) is 14.0. The predicted molar refractivity (Wildman–Crippen MR) is 89.8 cm³/mol. The van der Waals surface area contributed by atoms with Gasteiger partial charge in [-0.25, -0.2) is 4.68 Å². The third kappa shape index (κ3) is 2.95. The molecule has 120 valence electrons. The van der Waals surface area contributed by atoms with Crippen LogP contribution in [0.2, 0.25) is 5.02 Å². The lowest BCUT2D eigenvalue weighted by Crippen LogP contribution is -2.18. The summed E-state index contributed by atoms with van der Waals surface area (Å²) < 4.78 is 7.09. The second kappa shape index (κ2) is 5.92. The summed E-state index contributed by atoms with van der Waals surface area (Å²) in [7, 11) is 1.62. The van der Waals surface area contributed by atoms with E-state index in [9.17, 15) is 5.11 Å². The van der Waals surface area contributed by atoms with Crippen LogP contribution in [0.3, 0.4) is 0 Å². The highest BCUT2D eigenvalue weighted by Crippen LogP contribution is 2.29. The van der Waals surface area contributed by atoms with Crippen molar-refractivity contribution in [2.75, 3.05) is 7.11 Å². The maximum absolute atomic E-state index is 10.4. The van der Waals surface area contributed by atoms with Crippen LogP contribution < -0.4 is 0 Å². The number of benzene rings is 1. The van der Waals surface area contributed by atoms with E-state index >= 15 is 0 Å². The minimum absolute atomic E-state index is 0.344. The molecule has 5 nitrogen and oxygen atoms in total. The lowest BCUT2D eigenvalue weighted by Gasteiger charge is -2.18. The number of hydrogen-bond acceptors (Lipinski definition) is 4. The Hall–Kier alpha value is -1.95. The highest BCUT2D eigenvalue weighted by atomic mass is 35.5. The van der Waals surface area contributed by atoms with Crippen LogP contribution in [-0.2, 0) is 16.9 Å². The van der Waals surface area contributed by atoms with Crippen molar-refractivity contribution in [3.8, 4) is 5.69 Å². The SMILES string of the molecule is COCc1c(C(C)(C)O)cnn1-c1ccnc2cc(Cl)ccc12. The molecule has 1 N–H and O–H groups in total. The summed E-state index contributed by atoms with van der Waals surface area (Å²) in [6.07, 6.45) is 3.40. The Kier molecular flexibility index (Phi) is 4.10. The van der Waals surface area contributed by atoms with Gasteiger partial charge in [-0.05, 0) is 38.1 Å². The molecule has 0 unspecified atom stereocenters. The second-order valence-corrected chi connectivity index (χ2v) is 6.34. The molecule has 0 spiro atoms. The summed E-state index contributed by atoms with van der Waals surface area (Å²) in [4.78, 5) is 4.35. The maximum Gasteiger partial charge on any atom is 0.0889 e. The van der Waals surface area contributed by atoms with Crippen LogP contribution in [0, 0.1) is 0 Å². The van der Waals surface area contributed by atoms with Crippen LogP contribution in [-0.4, -0.2) is 27.0 Å². The molecule has 0 aliphatic heterocycles. The average Bonchev–Trinajstić information content (AvgIpc) is 2.90. The van der Waals surface area contributed by atoms with Gasteiger partial charge in [-0.2, -0.15) is 5.10 Å². The number of pyridine rings is 1. The van der Waals surface area contributed by atoms with E-state index in [0.29, 0.717) is 11.6 Å². The minimum Gasteiger partial charge on any atom is -0.386 e. The van der Waals surface area contributed by atoms with Crippen molar-refractivity contribution in [3.63, 3.8) is 0 Å². The average molecular weight is 332 g/mol. The summed E-state index contributed by atoms with van der Waals surface area (Å²) >= 11 is 6.05. The fourth-order valence-electron chi connectivity index (χ4n) is 2.66. The van der Waals surface area contributed by atoms with Crippen molar-refractivity contribution < 1.29 is 9.84 Å². The van der Waals surface area contributed by atoms with Crippen molar-refractivity contribution in [2.24, 2.45) is 0 Å². The van der Waals surface area contributed by atoms with Crippen molar-refractivity contribution >= 4 is 22.5 Å². The first-order valence-electron chi connectivity index (χ1n) is 7.25. The minimum atomic E-state index is -1.00. The van der Waals surface area contributed by atoms with Crippen molar-refractivity contribution in [1.82, 2.24) is 14.8 Å². The van der Waals surface area contributed by atoms with Gasteiger partial charge in [-0.15, -0.1) is 0 Å². The first-order valence-corrected chi connectivity index (χ1v) is 7.63. The number of aliphatic hydroxyl groups is 1. The molecule has 0 bridgehead atoms. The smallest absolute Gasteiger partial charge is 0.0889 e. The molecule has 3 aromatic rings. The van der Waals surface area contributed by atoms with Gasteiger partial charge in [0.25, 0.3) is 0 Å². The molecule has 3 rings (SSSR count). The zero-order chi connectivity index (χ0) is 16.6. The van der Waals surface area contributed by atoms with E-state index in [0.717, 1.165) is 27.8 Å². The number of nitrogens with zero attached hydrogens (tertiary/aromatic N) is 3. The largest absolute Gasteiger partial charge is 0.386 e. The molecule has 0 saturated heterocycles. The summed E-state index contributed by atoms with van der Waals surface area (Å²) in [5, 5.41) is 16.4. The van der Waals surface area contributed by atoms with Gasteiger partial charge >= 0.3 is 0 Å². The van der Waals surface area contributed by atoms with Gasteiger partial charge in [-0.3, -0.25) is 4.98 Å². The molecular formula is C17H18ClN3O2. The van der Waals surface area contributed by atoms with Crippen LogP contribution >= 0.6 is 11.6 Å². The zero-order valence-electron chi connectivity index (χ0n) is 13.2. The van der Waals surface area contributed by atoms with Gasteiger partial charge in [0.05, 0.1) is 35.3 Å². The normalized spacial score (nSPS) is 12.0. The van der Waals surface area contributed by atoms with Crippen LogP contribution in [0.25, 0.3) is 16.6 Å². The molecule has 6 heteroatoms. The van der Waals surface area contributed by atoms with Crippen molar-refractivity contribution in [3.05, 3.63) is 52.9 Å². The Morgan fingerprint density at radius 2 is 2.09 bits per heavy atom. The number of rotatable bonds is 4. The van der Waals surface area contributed by atoms with Crippen LogP contribution in [0.5, 0.6) is 0 Å². The monoisotopic (exact) mass is 331 g/mol. The summed E-state index contributed by atoms with van der Waals surface area (Å²) in [6.45, 7) is 3.81. The summed E-state index contributed by atoms with van der Waals surface area (Å²) in [6, 6.07) is 7.45. The topological polar surface area (TPSA) is 60.2 Å². The van der Waals surface area contributed by atoms with Crippen LogP contribution in [0.15, 0.2) is 36.7 Å². The molecule has 2 aromatic heterocycles. The molecule has 1 aromatic carbocycles. The molecular weight excluding hydrogens is 314 g/mol. The number of methoxy groups -OCH3 is 1. The Balaban J connectivity index is 2.25. The molecule has 23 heavy (non-hydrogen) atoms. The van der Waals surface area contributed by atoms with E-state index in [1.54, 1.807) is 38.0 Å². The van der Waals surface area contributed by atoms with E-state index < -0.39 is 5.60 Å². The van der Waals surface area contributed by atoms with E-state index in [1.807, 2.05) is 24.3 Å². The fourth-order valence-corrected chi connectivity index (χ4v) is 2.83. The number of fused-ring (bicyclic) bond motifs is 1. The molecule has 0 amide bonds. The number of ether oxygens (including phenoxy) is 1. The first-order chi connectivity index (χ1) is 10.9. The molecule has 0 fully saturated rings. The van der Waals surface area contributed by atoms with Gasteiger partial charge in [0.1, 0.15) is 0 Å². The van der Waals surface area contributed by atoms with Gasteiger partial charge in [0, 0.05) is 29.3 Å². The van der Waals surface area contributed by atoms with Gasteiger partial charge in [0.15, 0.2) is 0 Å². The summed E-state index contributed by atoms with van der Waals surface area (Å²) in [5.74, 6) is 0. The van der Waals surface area contributed by atoms with E-state index in [4.69, 9.17) is 16.3 Å². The fraction of sp³-hybridized carbons (Fsp3) is 0.294. The predicted octanol–water partition coefficient (Wildman–Crippen LogP) is 3.45. The Bertz CT molecular complexity index is 853.